The molecule has 19 heavy (non-hydrogen) atoms. The first-order chi connectivity index (χ1) is 9.11. The molecule has 2 rings (SSSR count). The maximum absolute atomic E-state index is 11.9. The van der Waals surface area contributed by atoms with E-state index >= 15 is 0 Å². The highest BCUT2D eigenvalue weighted by atomic mass is 35.5. The van der Waals surface area contributed by atoms with Crippen LogP contribution in [0.1, 0.15) is 15.9 Å². The zero-order valence-electron chi connectivity index (χ0n) is 9.77. The van der Waals surface area contributed by atoms with Crippen LogP contribution in [0, 0.1) is 0 Å². The van der Waals surface area contributed by atoms with Gasteiger partial charge in [0.05, 0.1) is 17.2 Å². The van der Waals surface area contributed by atoms with Gasteiger partial charge in [-0.05, 0) is 24.3 Å². The number of aliphatic hydroxyl groups is 1. The minimum atomic E-state index is -0.542. The summed E-state index contributed by atoms with van der Waals surface area (Å²) < 4.78 is 5.22. The van der Waals surface area contributed by atoms with Crippen LogP contribution in [0.3, 0.4) is 0 Å². The van der Waals surface area contributed by atoms with E-state index in [4.69, 9.17) is 27.9 Å². The van der Waals surface area contributed by atoms with Gasteiger partial charge in [0, 0.05) is 10.6 Å². The number of rotatable bonds is 3. The van der Waals surface area contributed by atoms with Gasteiger partial charge in [-0.25, -0.2) is 4.79 Å². The number of benzene rings is 2. The Hall–Kier alpha value is -1.55. The summed E-state index contributed by atoms with van der Waals surface area (Å²) in [5, 5.41) is 9.79. The molecule has 0 saturated heterocycles. The molecular formula is C14H10Cl2O3. The fraction of sp³-hybridized carbons (Fsp3) is 0.0714. The molecule has 0 aliphatic heterocycles. The van der Waals surface area contributed by atoms with Crippen molar-refractivity contribution in [2.45, 2.75) is 6.61 Å². The van der Waals surface area contributed by atoms with E-state index in [2.05, 4.69) is 0 Å². The second-order valence-electron chi connectivity index (χ2n) is 3.79. The molecule has 0 saturated carbocycles. The van der Waals surface area contributed by atoms with E-state index in [-0.39, 0.29) is 17.4 Å². The van der Waals surface area contributed by atoms with E-state index in [1.54, 1.807) is 30.3 Å². The molecule has 5 heteroatoms. The SMILES string of the molecule is O=C(Oc1c(Cl)cc(Cl)cc1CO)c1ccccc1. The highest BCUT2D eigenvalue weighted by molar-refractivity contribution is 6.35. The first-order valence-electron chi connectivity index (χ1n) is 5.48. The lowest BCUT2D eigenvalue weighted by atomic mass is 10.2. The second-order valence-corrected chi connectivity index (χ2v) is 4.63. The van der Waals surface area contributed by atoms with Gasteiger partial charge in [-0.2, -0.15) is 0 Å². The van der Waals surface area contributed by atoms with Crippen molar-refractivity contribution in [3.63, 3.8) is 0 Å². The lowest BCUT2D eigenvalue weighted by molar-refractivity contribution is 0.0731. The molecule has 0 spiro atoms. The normalized spacial score (nSPS) is 10.3. The minimum Gasteiger partial charge on any atom is -0.421 e. The minimum absolute atomic E-state index is 0.127. The van der Waals surface area contributed by atoms with Crippen LogP contribution in [0.2, 0.25) is 10.0 Å². The van der Waals surface area contributed by atoms with Gasteiger partial charge in [0.1, 0.15) is 0 Å². The third-order valence-electron chi connectivity index (χ3n) is 2.46. The van der Waals surface area contributed by atoms with Crippen molar-refractivity contribution in [3.8, 4) is 5.75 Å². The summed E-state index contributed by atoms with van der Waals surface area (Å²) in [6.07, 6.45) is 0. The lowest BCUT2D eigenvalue weighted by Crippen LogP contribution is -2.10. The van der Waals surface area contributed by atoms with E-state index in [0.29, 0.717) is 16.1 Å². The van der Waals surface area contributed by atoms with Gasteiger partial charge < -0.3 is 9.84 Å². The molecule has 1 N–H and O–H groups in total. The van der Waals surface area contributed by atoms with Gasteiger partial charge in [0.25, 0.3) is 0 Å². The first-order valence-corrected chi connectivity index (χ1v) is 6.23. The van der Waals surface area contributed by atoms with E-state index in [1.807, 2.05) is 0 Å². The molecule has 0 heterocycles. The van der Waals surface area contributed by atoms with Crippen LogP contribution in [-0.2, 0) is 6.61 Å². The summed E-state index contributed by atoms with van der Waals surface area (Å²) in [4.78, 5) is 11.9. The molecule has 0 bridgehead atoms. The number of carbonyl (C=O) groups excluding carboxylic acids is 1. The number of aliphatic hydroxyl groups excluding tert-OH is 1. The Morgan fingerprint density at radius 1 is 1.16 bits per heavy atom. The van der Waals surface area contributed by atoms with Crippen molar-refractivity contribution in [1.82, 2.24) is 0 Å². The van der Waals surface area contributed by atoms with Crippen molar-refractivity contribution < 1.29 is 14.6 Å². The molecular weight excluding hydrogens is 287 g/mol. The molecule has 3 nitrogen and oxygen atoms in total. The van der Waals surface area contributed by atoms with Crippen molar-refractivity contribution in [2.24, 2.45) is 0 Å². The van der Waals surface area contributed by atoms with Gasteiger partial charge >= 0.3 is 5.97 Å². The predicted octanol–water partition coefficient (Wildman–Crippen LogP) is 3.70. The molecule has 0 radical (unpaired) electrons. The van der Waals surface area contributed by atoms with Crippen LogP contribution >= 0.6 is 23.2 Å². The molecule has 0 aliphatic rings. The highest BCUT2D eigenvalue weighted by Gasteiger charge is 2.15. The standard InChI is InChI=1S/C14H10Cl2O3/c15-11-6-10(8-17)13(12(16)7-11)19-14(18)9-4-2-1-3-5-9/h1-7,17H,8H2. The lowest BCUT2D eigenvalue weighted by Gasteiger charge is -2.11. The maximum Gasteiger partial charge on any atom is 0.343 e. The van der Waals surface area contributed by atoms with Crippen LogP contribution in [0.15, 0.2) is 42.5 Å². The molecule has 0 unspecified atom stereocenters. The summed E-state index contributed by atoms with van der Waals surface area (Å²) in [5.74, 6) is -0.415. The zero-order chi connectivity index (χ0) is 13.8. The molecule has 2 aromatic rings. The number of hydrogen-bond acceptors (Lipinski definition) is 3. The zero-order valence-corrected chi connectivity index (χ0v) is 11.3. The Labute approximate surface area is 120 Å². The smallest absolute Gasteiger partial charge is 0.343 e. The van der Waals surface area contributed by atoms with Crippen LogP contribution in [0.25, 0.3) is 0 Å². The molecule has 0 atom stereocenters. The summed E-state index contributed by atoms with van der Waals surface area (Å²) in [5.41, 5.74) is 0.763. The number of ether oxygens (including phenoxy) is 1. The Morgan fingerprint density at radius 2 is 1.84 bits per heavy atom. The van der Waals surface area contributed by atoms with Crippen LogP contribution in [0.5, 0.6) is 5.75 Å². The summed E-state index contributed by atoms with van der Waals surface area (Å²) >= 11 is 11.8. The predicted molar refractivity (Wildman–Crippen MR) is 73.8 cm³/mol. The van der Waals surface area contributed by atoms with E-state index < -0.39 is 5.97 Å². The summed E-state index contributed by atoms with van der Waals surface area (Å²) in [6, 6.07) is 11.5. The molecule has 0 fully saturated rings. The van der Waals surface area contributed by atoms with Gasteiger partial charge in [0.15, 0.2) is 5.75 Å². The van der Waals surface area contributed by atoms with Crippen LogP contribution in [0.4, 0.5) is 0 Å². The van der Waals surface area contributed by atoms with Crippen molar-refractivity contribution in [1.29, 1.82) is 0 Å². The van der Waals surface area contributed by atoms with E-state index in [1.165, 1.54) is 12.1 Å². The molecule has 0 aliphatic carbocycles. The third kappa shape index (κ3) is 3.26. The number of esters is 1. The molecule has 0 amide bonds. The van der Waals surface area contributed by atoms with Crippen LogP contribution in [-0.4, -0.2) is 11.1 Å². The van der Waals surface area contributed by atoms with Gasteiger partial charge in [0.2, 0.25) is 0 Å². The third-order valence-corrected chi connectivity index (χ3v) is 2.96. The monoisotopic (exact) mass is 296 g/mol. The Bertz CT molecular complexity index is 597. The average Bonchev–Trinajstić information content (AvgIpc) is 2.42. The van der Waals surface area contributed by atoms with Crippen molar-refractivity contribution in [2.75, 3.05) is 0 Å². The second kappa shape index (κ2) is 6.06. The van der Waals surface area contributed by atoms with Crippen molar-refractivity contribution in [3.05, 3.63) is 63.6 Å². The number of hydrogen-bond donors (Lipinski definition) is 1. The maximum atomic E-state index is 11.9. The number of halogens is 2. The summed E-state index contributed by atoms with van der Waals surface area (Å²) in [7, 11) is 0. The van der Waals surface area contributed by atoms with E-state index in [0.717, 1.165) is 0 Å². The van der Waals surface area contributed by atoms with Crippen LogP contribution < -0.4 is 4.74 Å². The molecule has 0 aromatic heterocycles. The largest absolute Gasteiger partial charge is 0.421 e. The average molecular weight is 297 g/mol. The molecule has 2 aromatic carbocycles. The van der Waals surface area contributed by atoms with Crippen molar-refractivity contribution >= 4 is 29.2 Å². The van der Waals surface area contributed by atoms with Gasteiger partial charge in [-0.3, -0.25) is 0 Å². The van der Waals surface area contributed by atoms with E-state index in [9.17, 15) is 9.90 Å². The fourth-order valence-electron chi connectivity index (χ4n) is 1.57. The summed E-state index contributed by atoms with van der Waals surface area (Å²) in [6.45, 7) is -0.322. The quantitative estimate of drug-likeness (QED) is 0.694. The highest BCUT2D eigenvalue weighted by Crippen LogP contribution is 2.33. The number of carbonyl (C=O) groups is 1. The molecule has 98 valence electrons. The van der Waals surface area contributed by atoms with Gasteiger partial charge in [-0.1, -0.05) is 41.4 Å². The Kier molecular flexibility index (Phi) is 4.43. The Balaban J connectivity index is 2.31. The topological polar surface area (TPSA) is 46.5 Å². The first kappa shape index (κ1) is 13.9. The van der Waals surface area contributed by atoms with Gasteiger partial charge in [-0.15, -0.1) is 0 Å². The fourth-order valence-corrected chi connectivity index (χ4v) is 2.15. The Morgan fingerprint density at radius 3 is 2.47 bits per heavy atom.